The van der Waals surface area contributed by atoms with Crippen LogP contribution in [0.5, 0.6) is 0 Å². The predicted molar refractivity (Wildman–Crippen MR) is 112 cm³/mol. The standard InChI is InChI=1S/C18H14Cl5NO4/c1-10(25)27-28-17(26)15(18(22,23)9-19)11-5-2-3-8-14(11)24-16-12(20)6-4-7-13(16)21/h2-8,15,24H,9H2,1H3. The number of hydrogen-bond donors (Lipinski definition) is 1. The molecule has 1 atom stereocenters. The van der Waals surface area contributed by atoms with Gasteiger partial charge in [-0.25, -0.2) is 19.4 Å². The monoisotopic (exact) mass is 483 g/mol. The van der Waals surface area contributed by atoms with Crippen LogP contribution in [0.3, 0.4) is 0 Å². The molecule has 2 aromatic carbocycles. The van der Waals surface area contributed by atoms with Crippen LogP contribution in [0.4, 0.5) is 11.4 Å². The van der Waals surface area contributed by atoms with E-state index in [2.05, 4.69) is 15.1 Å². The number of carbonyl (C=O) groups excluding carboxylic acids is 2. The summed E-state index contributed by atoms with van der Waals surface area (Å²) in [4.78, 5) is 32.5. The lowest BCUT2D eigenvalue weighted by atomic mass is 9.93. The molecule has 10 heteroatoms. The Balaban J connectivity index is 2.50. The third-order valence-corrected chi connectivity index (χ3v) is 5.60. The van der Waals surface area contributed by atoms with Gasteiger partial charge in [0.05, 0.1) is 21.6 Å². The zero-order valence-electron chi connectivity index (χ0n) is 14.3. The van der Waals surface area contributed by atoms with E-state index in [0.29, 0.717) is 27.0 Å². The molecule has 1 N–H and O–H groups in total. The van der Waals surface area contributed by atoms with Crippen LogP contribution in [0.25, 0.3) is 0 Å². The number of hydrogen-bond acceptors (Lipinski definition) is 5. The highest BCUT2D eigenvalue weighted by atomic mass is 35.5. The van der Waals surface area contributed by atoms with E-state index in [1.165, 1.54) is 0 Å². The van der Waals surface area contributed by atoms with E-state index in [1.54, 1.807) is 42.5 Å². The summed E-state index contributed by atoms with van der Waals surface area (Å²) in [5.41, 5.74) is 1.19. The topological polar surface area (TPSA) is 64.6 Å². The maximum atomic E-state index is 12.6. The molecule has 0 aliphatic rings. The van der Waals surface area contributed by atoms with E-state index >= 15 is 0 Å². The van der Waals surface area contributed by atoms with Gasteiger partial charge in [0.1, 0.15) is 10.3 Å². The molecule has 0 saturated heterocycles. The first kappa shape index (κ1) is 22.9. The van der Waals surface area contributed by atoms with Gasteiger partial charge in [0, 0.05) is 12.6 Å². The maximum Gasteiger partial charge on any atom is 0.366 e. The summed E-state index contributed by atoms with van der Waals surface area (Å²) in [6.07, 6.45) is 0. The fourth-order valence-electron chi connectivity index (χ4n) is 2.37. The molecule has 5 nitrogen and oxygen atoms in total. The van der Waals surface area contributed by atoms with Crippen molar-refractivity contribution in [2.45, 2.75) is 17.2 Å². The molecule has 150 valence electrons. The molecule has 1 unspecified atom stereocenters. The van der Waals surface area contributed by atoms with E-state index in [-0.39, 0.29) is 5.88 Å². The lowest BCUT2D eigenvalue weighted by Crippen LogP contribution is -2.34. The predicted octanol–water partition coefficient (Wildman–Crippen LogP) is 6.25. The number of rotatable bonds is 6. The van der Waals surface area contributed by atoms with Gasteiger partial charge in [-0.05, 0) is 23.8 Å². The average Bonchev–Trinajstić information content (AvgIpc) is 2.64. The lowest BCUT2D eigenvalue weighted by Gasteiger charge is -2.27. The molecule has 0 fully saturated rings. The van der Waals surface area contributed by atoms with Crippen LogP contribution in [0, 0.1) is 0 Å². The molecule has 0 aliphatic heterocycles. The van der Waals surface area contributed by atoms with E-state index in [9.17, 15) is 9.59 Å². The first-order chi connectivity index (χ1) is 13.2. The first-order valence-corrected chi connectivity index (χ1v) is 9.84. The van der Waals surface area contributed by atoms with E-state index in [4.69, 9.17) is 58.0 Å². The third kappa shape index (κ3) is 5.58. The molecule has 2 rings (SSSR count). The van der Waals surface area contributed by atoms with E-state index in [0.717, 1.165) is 6.92 Å². The second kappa shape index (κ2) is 9.90. The average molecular weight is 486 g/mol. The molecule has 0 spiro atoms. The summed E-state index contributed by atoms with van der Waals surface area (Å²) < 4.78 is -1.76. The fraction of sp³-hybridized carbons (Fsp3) is 0.222. The molecule has 0 aliphatic carbocycles. The normalized spacial score (nSPS) is 12.2. The summed E-state index contributed by atoms with van der Waals surface area (Å²) in [5.74, 6) is -3.42. The van der Waals surface area contributed by atoms with Crippen molar-refractivity contribution < 1.29 is 19.4 Å². The number of nitrogens with one attached hydrogen (secondary N) is 1. The molecule has 28 heavy (non-hydrogen) atoms. The highest BCUT2D eigenvalue weighted by Gasteiger charge is 2.44. The highest BCUT2D eigenvalue weighted by Crippen LogP contribution is 2.44. The molecular weight excluding hydrogens is 471 g/mol. The van der Waals surface area contributed by atoms with Crippen molar-refractivity contribution in [3.05, 3.63) is 58.1 Å². The number of anilines is 2. The van der Waals surface area contributed by atoms with Crippen LogP contribution >= 0.6 is 58.0 Å². The number of para-hydroxylation sites is 2. The Morgan fingerprint density at radius 2 is 1.64 bits per heavy atom. The van der Waals surface area contributed by atoms with Gasteiger partial charge in [-0.3, -0.25) is 0 Å². The van der Waals surface area contributed by atoms with Crippen molar-refractivity contribution in [1.29, 1.82) is 0 Å². The van der Waals surface area contributed by atoms with Gasteiger partial charge >= 0.3 is 11.9 Å². The first-order valence-electron chi connectivity index (χ1n) is 7.80. The smallest absolute Gasteiger partial charge is 0.353 e. The Labute approximate surface area is 186 Å². The summed E-state index contributed by atoms with van der Waals surface area (Å²) >= 11 is 30.8. The number of alkyl halides is 3. The molecule has 2 aromatic rings. The summed E-state index contributed by atoms with van der Waals surface area (Å²) in [6.45, 7) is 1.08. The number of carbonyl (C=O) groups is 2. The fourth-order valence-corrected chi connectivity index (χ4v) is 3.43. The molecule has 0 amide bonds. The van der Waals surface area contributed by atoms with Gasteiger partial charge in [0.25, 0.3) is 0 Å². The van der Waals surface area contributed by atoms with Gasteiger partial charge in [0.15, 0.2) is 0 Å². The largest absolute Gasteiger partial charge is 0.366 e. The highest BCUT2D eigenvalue weighted by molar-refractivity contribution is 6.53. The van der Waals surface area contributed by atoms with Crippen molar-refractivity contribution in [3.63, 3.8) is 0 Å². The van der Waals surface area contributed by atoms with Crippen LogP contribution in [-0.4, -0.2) is 22.2 Å². The zero-order valence-corrected chi connectivity index (χ0v) is 18.1. The van der Waals surface area contributed by atoms with E-state index in [1.807, 2.05) is 0 Å². The van der Waals surface area contributed by atoms with Crippen molar-refractivity contribution in [1.82, 2.24) is 0 Å². The quantitative estimate of drug-likeness (QED) is 0.297. The Kier molecular flexibility index (Phi) is 8.10. The van der Waals surface area contributed by atoms with Gasteiger partial charge in [-0.1, -0.05) is 70.7 Å². The van der Waals surface area contributed by atoms with E-state index < -0.39 is 22.2 Å². The molecule has 0 bridgehead atoms. The minimum Gasteiger partial charge on any atom is -0.353 e. The van der Waals surface area contributed by atoms with Gasteiger partial charge in [-0.15, -0.1) is 11.6 Å². The van der Waals surface area contributed by atoms with Crippen molar-refractivity contribution in [3.8, 4) is 0 Å². The Hall–Kier alpha value is -1.37. The zero-order chi connectivity index (χ0) is 20.9. The number of benzene rings is 2. The Morgan fingerprint density at radius 3 is 2.21 bits per heavy atom. The number of halogens is 5. The SMILES string of the molecule is CC(=O)OOC(=O)C(c1ccccc1Nc1c(Cl)cccc1Cl)C(Cl)(Cl)CCl. The van der Waals surface area contributed by atoms with Crippen LogP contribution in [0.2, 0.25) is 10.0 Å². The van der Waals surface area contributed by atoms with Crippen molar-refractivity contribution in [2.75, 3.05) is 11.2 Å². The molecule has 0 saturated carbocycles. The minimum atomic E-state index is -1.76. The van der Waals surface area contributed by atoms with Crippen LogP contribution in [0.15, 0.2) is 42.5 Å². The Bertz CT molecular complexity index is 855. The van der Waals surface area contributed by atoms with Gasteiger partial charge < -0.3 is 5.32 Å². The summed E-state index contributed by atoms with van der Waals surface area (Å²) in [5, 5.41) is 3.79. The van der Waals surface area contributed by atoms with Gasteiger partial charge in [-0.2, -0.15) is 0 Å². The molecular formula is C18H14Cl5NO4. The van der Waals surface area contributed by atoms with Crippen LogP contribution < -0.4 is 5.32 Å². The van der Waals surface area contributed by atoms with Crippen LogP contribution in [-0.2, 0) is 19.4 Å². The summed E-state index contributed by atoms with van der Waals surface area (Å²) in [7, 11) is 0. The maximum absolute atomic E-state index is 12.6. The van der Waals surface area contributed by atoms with Gasteiger partial charge in [0.2, 0.25) is 0 Å². The third-order valence-electron chi connectivity index (χ3n) is 3.57. The van der Waals surface area contributed by atoms with Crippen molar-refractivity contribution in [2.24, 2.45) is 0 Å². The minimum absolute atomic E-state index is 0.308. The molecule has 0 radical (unpaired) electrons. The second-order valence-electron chi connectivity index (χ2n) is 5.61. The van der Waals surface area contributed by atoms with Crippen LogP contribution in [0.1, 0.15) is 18.4 Å². The Morgan fingerprint density at radius 1 is 1.04 bits per heavy atom. The molecule has 0 heterocycles. The second-order valence-corrected chi connectivity index (χ2v) is 8.24. The van der Waals surface area contributed by atoms with Crippen molar-refractivity contribution >= 4 is 81.3 Å². The molecule has 0 aromatic heterocycles. The lowest BCUT2D eigenvalue weighted by molar-refractivity contribution is -0.258. The summed E-state index contributed by atoms with van der Waals surface area (Å²) in [6, 6.07) is 11.6.